The quantitative estimate of drug-likeness (QED) is 0.654. The van der Waals surface area contributed by atoms with Gasteiger partial charge in [0, 0.05) is 29.6 Å². The van der Waals surface area contributed by atoms with Crippen molar-refractivity contribution in [1.29, 1.82) is 0 Å². The second-order valence-corrected chi connectivity index (χ2v) is 9.59. The van der Waals surface area contributed by atoms with Crippen LogP contribution < -0.4 is 10.2 Å². The van der Waals surface area contributed by atoms with Gasteiger partial charge in [0.05, 0.1) is 5.69 Å². The maximum absolute atomic E-state index is 13.3. The summed E-state index contributed by atoms with van der Waals surface area (Å²) in [6.45, 7) is 1.72. The first kappa shape index (κ1) is 22.7. The van der Waals surface area contributed by atoms with Crippen LogP contribution in [0.5, 0.6) is 0 Å². The van der Waals surface area contributed by atoms with Gasteiger partial charge in [0.15, 0.2) is 5.25 Å². The lowest BCUT2D eigenvalue weighted by molar-refractivity contribution is -0.135. The van der Waals surface area contributed by atoms with Crippen molar-refractivity contribution >= 4 is 46.8 Å². The zero-order valence-corrected chi connectivity index (χ0v) is 19.3. The Bertz CT molecular complexity index is 992. The fourth-order valence-corrected chi connectivity index (χ4v) is 5.33. The number of carbonyl (C=O) groups excluding carboxylic acids is 3. The average Bonchev–Trinajstić information content (AvgIpc) is 2.82. The molecular formula is C24H26ClN3O3S. The van der Waals surface area contributed by atoms with Gasteiger partial charge in [-0.3, -0.25) is 14.4 Å². The number of hydrogen-bond acceptors (Lipinski definition) is 4. The normalized spacial score (nSPS) is 18.3. The third-order valence-corrected chi connectivity index (χ3v) is 7.22. The molecule has 2 aliphatic rings. The summed E-state index contributed by atoms with van der Waals surface area (Å²) in [7, 11) is 0. The Balaban J connectivity index is 1.42. The molecule has 6 nitrogen and oxygen atoms in total. The number of likely N-dealkylation sites (tertiary alicyclic amines) is 1. The monoisotopic (exact) mass is 471 g/mol. The van der Waals surface area contributed by atoms with Gasteiger partial charge in [-0.1, -0.05) is 35.9 Å². The van der Waals surface area contributed by atoms with Crippen LogP contribution in [0, 0.1) is 0 Å². The summed E-state index contributed by atoms with van der Waals surface area (Å²) in [4.78, 5) is 43.2. The zero-order chi connectivity index (χ0) is 22.5. The predicted octanol–water partition coefficient (Wildman–Crippen LogP) is 3.52. The first-order valence-corrected chi connectivity index (χ1v) is 12.2. The molecule has 1 saturated heterocycles. The van der Waals surface area contributed by atoms with Crippen LogP contribution in [0.3, 0.4) is 0 Å². The van der Waals surface area contributed by atoms with Crippen LogP contribution in [-0.4, -0.2) is 54.1 Å². The standard InChI is InChI=1S/C24H26ClN3O3S/c25-18-10-8-17(9-11-18)12-13-26-21(29)16-28-19-6-2-3-7-20(19)32-22(24(28)31)23(30)27-14-4-1-5-15-27/h2-3,6-11,22H,1,4-5,12-16H2,(H,26,29)/t22-/m1/s1. The fourth-order valence-electron chi connectivity index (χ4n) is 4.01. The molecule has 1 fully saturated rings. The lowest BCUT2D eigenvalue weighted by Crippen LogP contribution is -2.52. The Hall–Kier alpha value is -2.51. The molecule has 0 unspecified atom stereocenters. The van der Waals surface area contributed by atoms with Crippen LogP contribution in [0.2, 0.25) is 5.02 Å². The molecule has 0 spiro atoms. The molecule has 3 amide bonds. The van der Waals surface area contributed by atoms with Gasteiger partial charge in [0.1, 0.15) is 6.54 Å². The van der Waals surface area contributed by atoms with Crippen LogP contribution in [-0.2, 0) is 20.8 Å². The Labute approximate surface area is 197 Å². The van der Waals surface area contributed by atoms with Crippen LogP contribution in [0.15, 0.2) is 53.4 Å². The van der Waals surface area contributed by atoms with Crippen LogP contribution in [0.1, 0.15) is 24.8 Å². The molecule has 0 bridgehead atoms. The predicted molar refractivity (Wildman–Crippen MR) is 127 cm³/mol. The number of nitrogens with zero attached hydrogens (tertiary/aromatic N) is 2. The maximum Gasteiger partial charge on any atom is 0.250 e. The van der Waals surface area contributed by atoms with Crippen LogP contribution in [0.4, 0.5) is 5.69 Å². The Morgan fingerprint density at radius 3 is 2.50 bits per heavy atom. The van der Waals surface area contributed by atoms with Crippen molar-refractivity contribution in [2.75, 3.05) is 31.1 Å². The van der Waals surface area contributed by atoms with E-state index in [-0.39, 0.29) is 24.3 Å². The van der Waals surface area contributed by atoms with E-state index in [2.05, 4.69) is 5.32 Å². The molecule has 168 valence electrons. The molecule has 1 N–H and O–H groups in total. The molecule has 4 rings (SSSR count). The van der Waals surface area contributed by atoms with Crippen molar-refractivity contribution in [3.8, 4) is 0 Å². The molecule has 2 aromatic carbocycles. The highest BCUT2D eigenvalue weighted by Gasteiger charge is 2.40. The largest absolute Gasteiger partial charge is 0.354 e. The van der Waals surface area contributed by atoms with E-state index in [0.29, 0.717) is 36.8 Å². The van der Waals surface area contributed by atoms with Crippen molar-refractivity contribution < 1.29 is 14.4 Å². The number of para-hydroxylation sites is 1. The van der Waals surface area contributed by atoms with Crippen molar-refractivity contribution in [2.24, 2.45) is 0 Å². The van der Waals surface area contributed by atoms with E-state index in [9.17, 15) is 14.4 Å². The van der Waals surface area contributed by atoms with Crippen molar-refractivity contribution in [3.05, 3.63) is 59.1 Å². The highest BCUT2D eigenvalue weighted by Crippen LogP contribution is 2.39. The van der Waals surface area contributed by atoms with Gasteiger partial charge in [0.2, 0.25) is 11.8 Å². The van der Waals surface area contributed by atoms with Crippen molar-refractivity contribution in [2.45, 2.75) is 35.8 Å². The van der Waals surface area contributed by atoms with E-state index >= 15 is 0 Å². The number of benzene rings is 2. The van der Waals surface area contributed by atoms with Gasteiger partial charge in [-0.2, -0.15) is 0 Å². The van der Waals surface area contributed by atoms with Gasteiger partial charge in [-0.25, -0.2) is 0 Å². The number of piperidine rings is 1. The molecule has 0 aromatic heterocycles. The second kappa shape index (κ2) is 10.4. The van der Waals surface area contributed by atoms with Gasteiger partial charge in [0.25, 0.3) is 5.91 Å². The Morgan fingerprint density at radius 1 is 1.03 bits per heavy atom. The third kappa shape index (κ3) is 5.27. The molecule has 2 aliphatic heterocycles. The summed E-state index contributed by atoms with van der Waals surface area (Å²) < 4.78 is 0. The number of anilines is 1. The summed E-state index contributed by atoms with van der Waals surface area (Å²) in [5.41, 5.74) is 1.75. The lowest BCUT2D eigenvalue weighted by atomic mass is 10.1. The molecule has 2 aromatic rings. The first-order chi connectivity index (χ1) is 15.5. The lowest BCUT2D eigenvalue weighted by Gasteiger charge is -2.36. The number of nitrogens with one attached hydrogen (secondary N) is 1. The number of thioether (sulfide) groups is 1. The van der Waals surface area contributed by atoms with Gasteiger partial charge >= 0.3 is 0 Å². The topological polar surface area (TPSA) is 69.7 Å². The van der Waals surface area contributed by atoms with E-state index in [0.717, 1.165) is 29.7 Å². The zero-order valence-electron chi connectivity index (χ0n) is 17.8. The minimum Gasteiger partial charge on any atom is -0.354 e. The molecule has 0 radical (unpaired) electrons. The molecule has 2 heterocycles. The summed E-state index contributed by atoms with van der Waals surface area (Å²) in [5, 5.41) is 2.71. The molecule has 32 heavy (non-hydrogen) atoms. The molecular weight excluding hydrogens is 446 g/mol. The summed E-state index contributed by atoms with van der Waals surface area (Å²) in [5.74, 6) is -0.724. The first-order valence-electron chi connectivity index (χ1n) is 10.9. The highest BCUT2D eigenvalue weighted by molar-refractivity contribution is 8.01. The Kier molecular flexibility index (Phi) is 7.37. The minimum absolute atomic E-state index is 0.110. The van der Waals surface area contributed by atoms with Crippen molar-refractivity contribution in [1.82, 2.24) is 10.2 Å². The number of halogens is 1. The van der Waals surface area contributed by atoms with Crippen LogP contribution >= 0.6 is 23.4 Å². The number of fused-ring (bicyclic) bond motifs is 1. The molecule has 8 heteroatoms. The average molecular weight is 472 g/mol. The fraction of sp³-hybridized carbons (Fsp3) is 0.375. The van der Waals surface area contributed by atoms with Crippen molar-refractivity contribution in [3.63, 3.8) is 0 Å². The molecule has 1 atom stereocenters. The molecule has 0 saturated carbocycles. The van der Waals surface area contributed by atoms with Crippen LogP contribution in [0.25, 0.3) is 0 Å². The Morgan fingerprint density at radius 2 is 1.75 bits per heavy atom. The van der Waals surface area contributed by atoms with E-state index in [4.69, 9.17) is 11.6 Å². The SMILES string of the molecule is O=C(CN1C(=O)[C@@H](C(=O)N2CCCCC2)Sc2ccccc21)NCCc1ccc(Cl)cc1. The number of amides is 3. The maximum atomic E-state index is 13.3. The second-order valence-electron chi connectivity index (χ2n) is 8.00. The molecule has 0 aliphatic carbocycles. The summed E-state index contributed by atoms with van der Waals surface area (Å²) >= 11 is 7.20. The van der Waals surface area contributed by atoms with Gasteiger partial charge in [-0.05, 0) is 55.5 Å². The van der Waals surface area contributed by atoms with E-state index in [1.54, 1.807) is 4.90 Å². The van der Waals surface area contributed by atoms with E-state index < -0.39 is 5.25 Å². The summed E-state index contributed by atoms with van der Waals surface area (Å²) in [6.07, 6.45) is 3.71. The third-order valence-electron chi connectivity index (χ3n) is 5.73. The van der Waals surface area contributed by atoms with E-state index in [1.807, 2.05) is 48.5 Å². The van der Waals surface area contributed by atoms with Gasteiger partial charge in [-0.15, -0.1) is 11.8 Å². The number of hydrogen-bond donors (Lipinski definition) is 1. The highest BCUT2D eigenvalue weighted by atomic mass is 35.5. The minimum atomic E-state index is -0.843. The number of carbonyl (C=O) groups is 3. The summed E-state index contributed by atoms with van der Waals surface area (Å²) in [6, 6.07) is 14.9. The van der Waals surface area contributed by atoms with E-state index in [1.165, 1.54) is 16.7 Å². The number of rotatable bonds is 6. The smallest absolute Gasteiger partial charge is 0.250 e. The van der Waals surface area contributed by atoms with Gasteiger partial charge < -0.3 is 15.1 Å².